The van der Waals surface area contributed by atoms with Crippen LogP contribution in [-0.2, 0) is 6.42 Å². The van der Waals surface area contributed by atoms with Crippen LogP contribution in [0.15, 0.2) is 84.9 Å². The maximum Gasteiger partial charge on any atom is 0.0421 e. The molecule has 2 aliphatic carbocycles. The third-order valence-corrected chi connectivity index (χ3v) is 9.84. The first kappa shape index (κ1) is 20.9. The fourth-order valence-electron chi connectivity index (χ4n) is 6.00. The largest absolute Gasteiger partial charge is 0.270 e. The molecule has 0 heterocycles. The van der Waals surface area contributed by atoms with Crippen LogP contribution in [0, 0.1) is 11.8 Å². The molecule has 3 aromatic rings. The molecule has 0 saturated heterocycles. The number of benzene rings is 3. The highest BCUT2D eigenvalue weighted by Gasteiger charge is 2.39. The summed E-state index contributed by atoms with van der Waals surface area (Å²) >= 11 is 0. The second kappa shape index (κ2) is 9.68. The molecule has 31 heavy (non-hydrogen) atoms. The van der Waals surface area contributed by atoms with E-state index < -0.39 is 8.07 Å². The molecule has 0 bridgehead atoms. The minimum absolute atomic E-state index is 0.504. The minimum atomic E-state index is -0.564. The lowest BCUT2D eigenvalue weighted by atomic mass is 9.81. The Morgan fingerprint density at radius 2 is 1.32 bits per heavy atom. The van der Waals surface area contributed by atoms with Crippen molar-refractivity contribution >= 4 is 18.7 Å². The van der Waals surface area contributed by atoms with E-state index in [0.717, 1.165) is 11.8 Å². The summed E-state index contributed by atoms with van der Waals surface area (Å²) < 4.78 is 2.75. The highest BCUT2D eigenvalue weighted by atomic mass is 31.1. The Morgan fingerprint density at radius 1 is 0.742 bits per heavy atom. The molecule has 2 heteroatoms. The van der Waals surface area contributed by atoms with Crippen LogP contribution in [0.2, 0.25) is 0 Å². The lowest BCUT2D eigenvalue weighted by Gasteiger charge is -2.38. The van der Waals surface area contributed by atoms with E-state index in [1.54, 1.807) is 11.1 Å². The van der Waals surface area contributed by atoms with Crippen LogP contribution in [0.1, 0.15) is 55.7 Å². The van der Waals surface area contributed by atoms with Gasteiger partial charge < -0.3 is 0 Å². The van der Waals surface area contributed by atoms with Gasteiger partial charge in [-0.1, -0.05) is 117 Å². The third-order valence-electron chi connectivity index (χ3n) is 7.38. The third kappa shape index (κ3) is 4.50. The van der Waals surface area contributed by atoms with Crippen molar-refractivity contribution in [3.05, 3.63) is 96.1 Å². The van der Waals surface area contributed by atoms with E-state index in [-0.39, 0.29) is 0 Å². The minimum Gasteiger partial charge on any atom is -0.270 e. The molecular formula is C29H34NP. The van der Waals surface area contributed by atoms with Crippen molar-refractivity contribution in [3.63, 3.8) is 0 Å². The smallest absolute Gasteiger partial charge is 0.0421 e. The summed E-state index contributed by atoms with van der Waals surface area (Å²) in [5.74, 6) is 1.64. The molecule has 0 aliphatic heterocycles. The average molecular weight is 428 g/mol. The molecule has 5 rings (SSSR count). The molecule has 0 N–H and O–H groups in total. The molecule has 2 aliphatic rings. The highest BCUT2D eigenvalue weighted by Crippen LogP contribution is 2.52. The maximum atomic E-state index is 2.75. The summed E-state index contributed by atoms with van der Waals surface area (Å²) in [5.41, 5.74) is 3.15. The Kier molecular flexibility index (Phi) is 6.53. The van der Waals surface area contributed by atoms with Gasteiger partial charge in [-0.15, -0.1) is 0 Å². The monoisotopic (exact) mass is 427 g/mol. The summed E-state index contributed by atoms with van der Waals surface area (Å²) in [6, 6.07) is 32.1. The molecule has 160 valence electrons. The van der Waals surface area contributed by atoms with Crippen molar-refractivity contribution in [1.29, 1.82) is 0 Å². The Bertz CT molecular complexity index is 925. The van der Waals surface area contributed by atoms with Gasteiger partial charge in [0, 0.05) is 14.1 Å². The normalized spacial score (nSPS) is 21.5. The first-order valence-electron chi connectivity index (χ1n) is 12.0. The molecule has 2 unspecified atom stereocenters. The topological polar surface area (TPSA) is 3.24 Å². The van der Waals surface area contributed by atoms with E-state index in [0.29, 0.717) is 6.04 Å². The van der Waals surface area contributed by atoms with Gasteiger partial charge in [0.05, 0.1) is 0 Å². The van der Waals surface area contributed by atoms with Crippen LogP contribution in [0.3, 0.4) is 0 Å². The number of hydrogen-bond donors (Lipinski definition) is 0. The molecule has 0 spiro atoms. The SMILES string of the molecule is CN(C1c2ccccc2CC1CC1CCCCC1)P(c1ccccc1)c1ccccc1. The van der Waals surface area contributed by atoms with E-state index in [4.69, 9.17) is 0 Å². The standard InChI is InChI=1S/C29H34NP/c1-30(31(26-16-7-3-8-17-26)27-18-9-4-10-19-27)29-25(21-23-13-5-2-6-14-23)22-24-15-11-12-20-28(24)29/h3-4,7-12,15-20,23,25,29H,2,5-6,13-14,21-22H2,1H3. The van der Waals surface area contributed by atoms with Crippen LogP contribution >= 0.6 is 8.07 Å². The van der Waals surface area contributed by atoms with E-state index >= 15 is 0 Å². The molecule has 2 atom stereocenters. The molecule has 0 radical (unpaired) electrons. The van der Waals surface area contributed by atoms with Crippen molar-refractivity contribution in [2.75, 3.05) is 7.05 Å². The van der Waals surface area contributed by atoms with Crippen molar-refractivity contribution in [2.45, 2.75) is 51.0 Å². The zero-order valence-corrected chi connectivity index (χ0v) is 19.6. The van der Waals surface area contributed by atoms with Crippen molar-refractivity contribution in [2.24, 2.45) is 11.8 Å². The van der Waals surface area contributed by atoms with E-state index in [9.17, 15) is 0 Å². The average Bonchev–Trinajstić information content (AvgIpc) is 3.19. The van der Waals surface area contributed by atoms with Crippen molar-refractivity contribution < 1.29 is 0 Å². The van der Waals surface area contributed by atoms with E-state index in [1.165, 1.54) is 55.6 Å². The number of nitrogens with zero attached hydrogens (tertiary/aromatic N) is 1. The molecule has 1 saturated carbocycles. The predicted octanol–water partition coefficient (Wildman–Crippen LogP) is 6.85. The molecule has 0 aromatic heterocycles. The van der Waals surface area contributed by atoms with Gasteiger partial charge in [-0.05, 0) is 53.5 Å². The van der Waals surface area contributed by atoms with Gasteiger partial charge in [-0.25, -0.2) is 0 Å². The Labute approximate surface area is 189 Å². The van der Waals surface area contributed by atoms with Crippen molar-refractivity contribution in [1.82, 2.24) is 4.67 Å². The van der Waals surface area contributed by atoms with Gasteiger partial charge >= 0.3 is 0 Å². The fraction of sp³-hybridized carbons (Fsp3) is 0.379. The molecular weight excluding hydrogens is 393 g/mol. The summed E-state index contributed by atoms with van der Waals surface area (Å²) in [6.07, 6.45) is 9.82. The summed E-state index contributed by atoms with van der Waals surface area (Å²) in [4.78, 5) is 0. The number of rotatable bonds is 6. The molecule has 0 amide bonds. The Balaban J connectivity index is 1.51. The first-order chi connectivity index (χ1) is 15.3. The highest BCUT2D eigenvalue weighted by molar-refractivity contribution is 7.70. The zero-order valence-electron chi connectivity index (χ0n) is 18.7. The second-order valence-electron chi connectivity index (χ2n) is 9.40. The predicted molar refractivity (Wildman–Crippen MR) is 134 cm³/mol. The lowest BCUT2D eigenvalue weighted by Crippen LogP contribution is -2.32. The second-order valence-corrected chi connectivity index (χ2v) is 11.7. The Morgan fingerprint density at radius 3 is 1.97 bits per heavy atom. The van der Waals surface area contributed by atoms with Crippen LogP contribution < -0.4 is 10.6 Å². The van der Waals surface area contributed by atoms with Crippen LogP contribution in [0.5, 0.6) is 0 Å². The van der Waals surface area contributed by atoms with Gasteiger partial charge in [0.1, 0.15) is 0 Å². The van der Waals surface area contributed by atoms with Crippen LogP contribution in [0.25, 0.3) is 0 Å². The van der Waals surface area contributed by atoms with Gasteiger partial charge in [0.2, 0.25) is 0 Å². The first-order valence-corrected chi connectivity index (χ1v) is 13.3. The maximum absolute atomic E-state index is 2.75. The summed E-state index contributed by atoms with van der Waals surface area (Å²) in [7, 11) is 1.83. The number of fused-ring (bicyclic) bond motifs is 1. The van der Waals surface area contributed by atoms with E-state index in [1.807, 2.05) is 0 Å². The summed E-state index contributed by atoms with van der Waals surface area (Å²) in [5, 5.41) is 2.90. The molecule has 3 aromatic carbocycles. The van der Waals surface area contributed by atoms with Crippen molar-refractivity contribution in [3.8, 4) is 0 Å². The van der Waals surface area contributed by atoms with E-state index in [2.05, 4.69) is 96.6 Å². The zero-order chi connectivity index (χ0) is 21.0. The van der Waals surface area contributed by atoms with Crippen LogP contribution in [-0.4, -0.2) is 11.7 Å². The van der Waals surface area contributed by atoms with Crippen LogP contribution in [0.4, 0.5) is 0 Å². The van der Waals surface area contributed by atoms with Gasteiger partial charge in [0.15, 0.2) is 0 Å². The van der Waals surface area contributed by atoms with Gasteiger partial charge in [0.25, 0.3) is 0 Å². The van der Waals surface area contributed by atoms with Gasteiger partial charge in [-0.3, -0.25) is 4.67 Å². The van der Waals surface area contributed by atoms with Gasteiger partial charge in [-0.2, -0.15) is 0 Å². The molecule has 1 fully saturated rings. The lowest BCUT2D eigenvalue weighted by molar-refractivity contribution is 0.225. The quantitative estimate of drug-likeness (QED) is 0.389. The molecule has 1 nitrogen and oxygen atoms in total. The fourth-order valence-corrected chi connectivity index (χ4v) is 8.50. The number of hydrogen-bond acceptors (Lipinski definition) is 1. The Hall–Kier alpha value is -1.95. The summed E-state index contributed by atoms with van der Waals surface area (Å²) in [6.45, 7) is 0.